The van der Waals surface area contributed by atoms with Crippen LogP contribution in [0, 0.1) is 0 Å². The van der Waals surface area contributed by atoms with Crippen molar-refractivity contribution in [2.75, 3.05) is 23.4 Å². The Labute approximate surface area is 144 Å². The fraction of sp³-hybridized carbons (Fsp3) is 0.235. The number of anilines is 3. The smallest absolute Gasteiger partial charge is 0.434 e. The summed E-state index contributed by atoms with van der Waals surface area (Å²) in [7, 11) is 0. The molecule has 25 heavy (non-hydrogen) atoms. The fourth-order valence-electron chi connectivity index (χ4n) is 2.81. The first kappa shape index (κ1) is 16.6. The van der Waals surface area contributed by atoms with Crippen LogP contribution in [-0.2, 0) is 9.47 Å². The topological polar surface area (TPSA) is 125 Å². The van der Waals surface area contributed by atoms with Gasteiger partial charge < -0.3 is 26.3 Å². The summed E-state index contributed by atoms with van der Waals surface area (Å²) in [6.45, 7) is 3.70. The third-order valence-corrected chi connectivity index (χ3v) is 3.81. The number of carbonyl (C=O) groups is 1. The molecule has 0 saturated carbocycles. The quantitative estimate of drug-likeness (QED) is 0.727. The number of carbonyl (C=O) groups excluding carboxylic acids is 1. The number of hydrogen-bond acceptors (Lipinski definition) is 8. The molecule has 1 unspecified atom stereocenters. The molecule has 3 rings (SSSR count). The monoisotopic (exact) mass is 341 g/mol. The molecule has 0 amide bonds. The second kappa shape index (κ2) is 6.68. The lowest BCUT2D eigenvalue weighted by atomic mass is 9.87. The first-order chi connectivity index (χ1) is 12.0. The molecule has 0 saturated heterocycles. The lowest BCUT2D eigenvalue weighted by Crippen LogP contribution is -2.24. The first-order valence-corrected chi connectivity index (χ1v) is 7.81. The van der Waals surface area contributed by atoms with Gasteiger partial charge >= 0.3 is 6.16 Å². The molecular formula is C17H19N5O3. The Balaban J connectivity index is 2.14. The van der Waals surface area contributed by atoms with E-state index in [9.17, 15) is 4.79 Å². The SMILES string of the molecule is CCOC(=O)OC1=C(C)Nc2nc(N)nc(N)c2C1c1ccccc1. The molecule has 0 aliphatic carbocycles. The average Bonchev–Trinajstić information content (AvgIpc) is 2.56. The van der Waals surface area contributed by atoms with Crippen molar-refractivity contribution >= 4 is 23.7 Å². The Morgan fingerprint density at radius 1 is 1.24 bits per heavy atom. The number of aromatic nitrogens is 2. The average molecular weight is 341 g/mol. The molecule has 8 nitrogen and oxygen atoms in total. The van der Waals surface area contributed by atoms with Gasteiger partial charge in [-0.05, 0) is 19.4 Å². The number of fused-ring (bicyclic) bond motifs is 1. The van der Waals surface area contributed by atoms with Gasteiger partial charge in [-0.25, -0.2) is 4.79 Å². The summed E-state index contributed by atoms with van der Waals surface area (Å²) < 4.78 is 10.4. The third kappa shape index (κ3) is 3.18. The minimum Gasteiger partial charge on any atom is -0.434 e. The van der Waals surface area contributed by atoms with E-state index in [1.54, 1.807) is 13.8 Å². The zero-order chi connectivity index (χ0) is 18.0. The maximum atomic E-state index is 11.9. The first-order valence-electron chi connectivity index (χ1n) is 7.81. The van der Waals surface area contributed by atoms with Crippen LogP contribution in [0.5, 0.6) is 0 Å². The molecule has 1 aliphatic rings. The van der Waals surface area contributed by atoms with Gasteiger partial charge in [0.2, 0.25) is 5.95 Å². The number of rotatable bonds is 3. The van der Waals surface area contributed by atoms with Gasteiger partial charge in [-0.2, -0.15) is 9.97 Å². The van der Waals surface area contributed by atoms with Gasteiger partial charge in [0.05, 0.1) is 23.8 Å². The van der Waals surface area contributed by atoms with Crippen molar-refractivity contribution in [2.24, 2.45) is 0 Å². The molecule has 0 radical (unpaired) electrons. The highest BCUT2D eigenvalue weighted by Gasteiger charge is 2.34. The lowest BCUT2D eigenvalue weighted by molar-refractivity contribution is 0.0778. The van der Waals surface area contributed by atoms with Crippen LogP contribution in [0.2, 0.25) is 0 Å². The summed E-state index contributed by atoms with van der Waals surface area (Å²) in [5, 5.41) is 3.07. The van der Waals surface area contributed by atoms with E-state index in [4.69, 9.17) is 20.9 Å². The standard InChI is InChI=1S/C17H19N5O3/c1-3-24-17(23)25-13-9(2)20-15-12(14(18)21-16(19)22-15)11(13)10-7-5-4-6-8-10/h4-8,11H,3H2,1-2H3,(H5,18,19,20,21,22). The Kier molecular flexibility index (Phi) is 4.42. The van der Waals surface area contributed by atoms with E-state index in [0.29, 0.717) is 22.8 Å². The summed E-state index contributed by atoms with van der Waals surface area (Å²) in [6, 6.07) is 9.51. The van der Waals surface area contributed by atoms with Gasteiger partial charge in [0.25, 0.3) is 0 Å². The summed E-state index contributed by atoms with van der Waals surface area (Å²) in [5.41, 5.74) is 13.9. The van der Waals surface area contributed by atoms with E-state index < -0.39 is 12.1 Å². The number of nitrogens with one attached hydrogen (secondary N) is 1. The molecule has 0 spiro atoms. The van der Waals surface area contributed by atoms with Gasteiger partial charge in [0, 0.05) is 0 Å². The van der Waals surface area contributed by atoms with Crippen molar-refractivity contribution in [3.63, 3.8) is 0 Å². The van der Waals surface area contributed by atoms with Crippen LogP contribution in [0.25, 0.3) is 0 Å². The van der Waals surface area contributed by atoms with Gasteiger partial charge in [0.15, 0.2) is 0 Å². The molecule has 2 aromatic rings. The van der Waals surface area contributed by atoms with Crippen molar-refractivity contribution < 1.29 is 14.3 Å². The van der Waals surface area contributed by atoms with Crippen molar-refractivity contribution in [3.8, 4) is 0 Å². The van der Waals surface area contributed by atoms with E-state index in [1.807, 2.05) is 30.3 Å². The third-order valence-electron chi connectivity index (χ3n) is 3.81. The number of nitrogen functional groups attached to an aromatic ring is 2. The molecule has 0 bridgehead atoms. The molecule has 0 fully saturated rings. The molecule has 1 aromatic heterocycles. The maximum Gasteiger partial charge on any atom is 0.513 e. The van der Waals surface area contributed by atoms with Gasteiger partial charge in [-0.3, -0.25) is 0 Å². The van der Waals surface area contributed by atoms with Crippen LogP contribution in [0.1, 0.15) is 30.9 Å². The fourth-order valence-corrected chi connectivity index (χ4v) is 2.81. The molecule has 130 valence electrons. The van der Waals surface area contributed by atoms with E-state index in [1.165, 1.54) is 0 Å². The van der Waals surface area contributed by atoms with E-state index in [2.05, 4.69) is 15.3 Å². The van der Waals surface area contributed by atoms with Crippen molar-refractivity contribution in [3.05, 3.63) is 52.9 Å². The zero-order valence-corrected chi connectivity index (χ0v) is 13.9. The predicted octanol–water partition coefficient (Wildman–Crippen LogP) is 2.60. The number of allylic oxidation sites excluding steroid dienone is 2. The molecule has 1 atom stereocenters. The minimum atomic E-state index is -0.780. The summed E-state index contributed by atoms with van der Waals surface area (Å²) in [6.07, 6.45) is -0.780. The second-order valence-electron chi connectivity index (χ2n) is 5.47. The summed E-state index contributed by atoms with van der Waals surface area (Å²) >= 11 is 0. The molecule has 5 N–H and O–H groups in total. The molecule has 1 aromatic carbocycles. The van der Waals surface area contributed by atoms with Crippen LogP contribution in [-0.4, -0.2) is 22.7 Å². The number of nitrogens with two attached hydrogens (primary N) is 2. The maximum absolute atomic E-state index is 11.9. The second-order valence-corrected chi connectivity index (χ2v) is 5.47. The minimum absolute atomic E-state index is 0.0677. The molecular weight excluding hydrogens is 322 g/mol. The Morgan fingerprint density at radius 2 is 1.96 bits per heavy atom. The van der Waals surface area contributed by atoms with E-state index in [-0.39, 0.29) is 18.4 Å². The molecule has 1 aliphatic heterocycles. The number of ether oxygens (including phenoxy) is 2. The number of hydrogen-bond donors (Lipinski definition) is 3. The van der Waals surface area contributed by atoms with Crippen LogP contribution in [0.15, 0.2) is 41.8 Å². The number of benzene rings is 1. The van der Waals surface area contributed by atoms with Crippen LogP contribution < -0.4 is 16.8 Å². The molecule has 2 heterocycles. The predicted molar refractivity (Wildman–Crippen MR) is 93.6 cm³/mol. The zero-order valence-electron chi connectivity index (χ0n) is 13.9. The van der Waals surface area contributed by atoms with Crippen LogP contribution in [0.4, 0.5) is 22.4 Å². The highest BCUT2D eigenvalue weighted by Crippen LogP contribution is 2.43. The van der Waals surface area contributed by atoms with Gasteiger partial charge in [-0.1, -0.05) is 30.3 Å². The number of nitrogens with zero attached hydrogens (tertiary/aromatic N) is 2. The Bertz CT molecular complexity index is 836. The van der Waals surface area contributed by atoms with Crippen LogP contribution >= 0.6 is 0 Å². The Morgan fingerprint density at radius 3 is 2.64 bits per heavy atom. The largest absolute Gasteiger partial charge is 0.513 e. The highest BCUT2D eigenvalue weighted by atomic mass is 16.7. The van der Waals surface area contributed by atoms with Crippen molar-refractivity contribution in [2.45, 2.75) is 19.8 Å². The highest BCUT2D eigenvalue weighted by molar-refractivity contribution is 5.71. The molecule has 8 heteroatoms. The summed E-state index contributed by atoms with van der Waals surface area (Å²) in [5.74, 6) is 0.715. The van der Waals surface area contributed by atoms with Crippen LogP contribution in [0.3, 0.4) is 0 Å². The van der Waals surface area contributed by atoms with Gasteiger partial charge in [0.1, 0.15) is 17.4 Å². The Hall–Kier alpha value is -3.29. The normalized spacial score (nSPS) is 16.0. The lowest BCUT2D eigenvalue weighted by Gasteiger charge is -2.29. The van der Waals surface area contributed by atoms with Crippen molar-refractivity contribution in [1.29, 1.82) is 0 Å². The summed E-state index contributed by atoms with van der Waals surface area (Å²) in [4.78, 5) is 20.2. The van der Waals surface area contributed by atoms with Gasteiger partial charge in [-0.15, -0.1) is 0 Å². The van der Waals surface area contributed by atoms with Crippen molar-refractivity contribution in [1.82, 2.24) is 9.97 Å². The van der Waals surface area contributed by atoms with E-state index in [0.717, 1.165) is 5.56 Å². The van der Waals surface area contributed by atoms with E-state index >= 15 is 0 Å².